The van der Waals surface area contributed by atoms with Crippen LogP contribution in [0.2, 0.25) is 0 Å². The van der Waals surface area contributed by atoms with E-state index in [1.54, 1.807) is 17.6 Å². The summed E-state index contributed by atoms with van der Waals surface area (Å²) in [4.78, 5) is 6.80. The van der Waals surface area contributed by atoms with Gasteiger partial charge in [0.05, 0.1) is 12.0 Å². The lowest BCUT2D eigenvalue weighted by Crippen LogP contribution is -2.22. The summed E-state index contributed by atoms with van der Waals surface area (Å²) in [6.45, 7) is 7.92. The van der Waals surface area contributed by atoms with Crippen molar-refractivity contribution in [2.24, 2.45) is 0 Å². The van der Waals surface area contributed by atoms with Crippen molar-refractivity contribution >= 4 is 16.5 Å². The Labute approximate surface area is 118 Å². The predicted molar refractivity (Wildman–Crippen MR) is 79.6 cm³/mol. The molecule has 0 bridgehead atoms. The smallest absolute Gasteiger partial charge is 0.185 e. The molecule has 0 fully saturated rings. The highest BCUT2D eigenvalue weighted by atomic mass is 32.1. The van der Waals surface area contributed by atoms with E-state index >= 15 is 0 Å². The Balaban J connectivity index is 1.96. The van der Waals surface area contributed by atoms with Crippen LogP contribution in [0.1, 0.15) is 30.9 Å². The largest absolute Gasteiger partial charge is 0.469 e. The molecule has 104 valence electrons. The molecule has 4 nitrogen and oxygen atoms in total. The Kier molecular flexibility index (Phi) is 4.61. The summed E-state index contributed by atoms with van der Waals surface area (Å²) in [5.41, 5.74) is 2.31. The lowest BCUT2D eigenvalue weighted by Gasteiger charge is -2.15. The van der Waals surface area contributed by atoms with Gasteiger partial charge >= 0.3 is 0 Å². The molecule has 2 aromatic rings. The quantitative estimate of drug-likeness (QED) is 0.882. The third-order valence-electron chi connectivity index (χ3n) is 2.93. The number of furan rings is 1. The summed E-state index contributed by atoms with van der Waals surface area (Å²) in [6.07, 6.45) is 1.73. The molecule has 19 heavy (non-hydrogen) atoms. The molecule has 0 spiro atoms. The molecule has 1 N–H and O–H groups in total. The van der Waals surface area contributed by atoms with Crippen LogP contribution in [0.5, 0.6) is 0 Å². The average Bonchev–Trinajstić information content (AvgIpc) is 2.97. The number of aryl methyl sites for hydroxylation is 1. The highest BCUT2D eigenvalue weighted by Crippen LogP contribution is 2.22. The van der Waals surface area contributed by atoms with Gasteiger partial charge in [0, 0.05) is 37.1 Å². The maximum atomic E-state index is 5.32. The number of rotatable bonds is 6. The van der Waals surface area contributed by atoms with Gasteiger partial charge < -0.3 is 14.6 Å². The normalized spacial score (nSPS) is 11.2. The zero-order valence-electron chi connectivity index (χ0n) is 11.9. The van der Waals surface area contributed by atoms with Gasteiger partial charge in [0.1, 0.15) is 5.76 Å². The van der Waals surface area contributed by atoms with Crippen LogP contribution in [0.15, 0.2) is 22.1 Å². The number of hydrogen-bond donors (Lipinski definition) is 1. The highest BCUT2D eigenvalue weighted by molar-refractivity contribution is 7.13. The third-order valence-corrected chi connectivity index (χ3v) is 3.94. The van der Waals surface area contributed by atoms with Crippen LogP contribution in [-0.2, 0) is 13.1 Å². The molecule has 0 radical (unpaired) electrons. The molecule has 2 heterocycles. The minimum Gasteiger partial charge on any atom is -0.469 e. The molecule has 0 unspecified atom stereocenters. The van der Waals surface area contributed by atoms with Crippen molar-refractivity contribution < 1.29 is 4.42 Å². The molecule has 2 aromatic heterocycles. The minimum absolute atomic E-state index is 0.483. The monoisotopic (exact) mass is 279 g/mol. The van der Waals surface area contributed by atoms with Crippen LogP contribution in [0.4, 0.5) is 5.13 Å². The van der Waals surface area contributed by atoms with Crippen molar-refractivity contribution in [1.29, 1.82) is 0 Å². The number of hydrogen-bond acceptors (Lipinski definition) is 5. The number of nitrogens with one attached hydrogen (secondary N) is 1. The Morgan fingerprint density at radius 3 is 2.89 bits per heavy atom. The third kappa shape index (κ3) is 3.81. The Morgan fingerprint density at radius 2 is 2.26 bits per heavy atom. The molecular formula is C14H21N3OS. The first-order chi connectivity index (χ1) is 9.06. The first-order valence-corrected chi connectivity index (χ1v) is 7.36. The number of aromatic nitrogens is 1. The van der Waals surface area contributed by atoms with E-state index in [2.05, 4.69) is 41.5 Å². The van der Waals surface area contributed by atoms with Crippen LogP contribution in [0.3, 0.4) is 0 Å². The van der Waals surface area contributed by atoms with Crippen molar-refractivity contribution in [3.63, 3.8) is 0 Å². The van der Waals surface area contributed by atoms with Gasteiger partial charge in [-0.1, -0.05) is 13.8 Å². The molecule has 0 aliphatic rings. The van der Waals surface area contributed by atoms with Gasteiger partial charge in [0.15, 0.2) is 5.13 Å². The summed E-state index contributed by atoms with van der Waals surface area (Å²) in [5, 5.41) is 6.54. The Morgan fingerprint density at radius 1 is 1.47 bits per heavy atom. The molecule has 0 aliphatic heterocycles. The van der Waals surface area contributed by atoms with Crippen LogP contribution in [0.25, 0.3) is 0 Å². The van der Waals surface area contributed by atoms with E-state index in [-0.39, 0.29) is 0 Å². The Bertz CT molecular complexity index is 518. The van der Waals surface area contributed by atoms with E-state index in [1.165, 1.54) is 5.56 Å². The standard InChI is InChI=1S/C14H21N3OS/c1-10(2)15-7-13-9-19-14(16-13)17(4)8-12-5-6-18-11(12)3/h5-6,9-10,15H,7-8H2,1-4H3. The van der Waals surface area contributed by atoms with Crippen molar-refractivity contribution in [2.45, 2.75) is 39.9 Å². The molecule has 5 heteroatoms. The summed E-state index contributed by atoms with van der Waals surface area (Å²) in [6, 6.07) is 2.50. The van der Waals surface area contributed by atoms with Crippen molar-refractivity contribution in [1.82, 2.24) is 10.3 Å². The fourth-order valence-electron chi connectivity index (χ4n) is 1.76. The fraction of sp³-hybridized carbons (Fsp3) is 0.500. The van der Waals surface area contributed by atoms with E-state index in [0.29, 0.717) is 6.04 Å². The first-order valence-electron chi connectivity index (χ1n) is 6.48. The van der Waals surface area contributed by atoms with E-state index < -0.39 is 0 Å². The molecule has 0 aromatic carbocycles. The molecular weight excluding hydrogens is 258 g/mol. The maximum Gasteiger partial charge on any atom is 0.185 e. The second kappa shape index (κ2) is 6.21. The van der Waals surface area contributed by atoms with E-state index in [1.807, 2.05) is 13.0 Å². The topological polar surface area (TPSA) is 41.3 Å². The van der Waals surface area contributed by atoms with Crippen molar-refractivity contribution in [2.75, 3.05) is 11.9 Å². The van der Waals surface area contributed by atoms with Gasteiger partial charge in [-0.05, 0) is 13.0 Å². The lowest BCUT2D eigenvalue weighted by atomic mass is 10.2. The molecule has 0 saturated carbocycles. The van der Waals surface area contributed by atoms with E-state index in [9.17, 15) is 0 Å². The number of thiazole rings is 1. The zero-order chi connectivity index (χ0) is 13.8. The lowest BCUT2D eigenvalue weighted by molar-refractivity contribution is 0.529. The van der Waals surface area contributed by atoms with Gasteiger partial charge in [-0.3, -0.25) is 0 Å². The second-order valence-corrected chi connectivity index (χ2v) is 5.85. The fourth-order valence-corrected chi connectivity index (χ4v) is 2.55. The second-order valence-electron chi connectivity index (χ2n) is 5.02. The van der Waals surface area contributed by atoms with Crippen LogP contribution in [0, 0.1) is 6.92 Å². The predicted octanol–water partition coefficient (Wildman–Crippen LogP) is 3.18. The van der Waals surface area contributed by atoms with Crippen molar-refractivity contribution in [3.8, 4) is 0 Å². The highest BCUT2D eigenvalue weighted by Gasteiger charge is 2.10. The number of anilines is 1. The molecule has 2 rings (SSSR count). The molecule has 0 amide bonds. The van der Waals surface area contributed by atoms with Gasteiger partial charge in [-0.15, -0.1) is 11.3 Å². The van der Waals surface area contributed by atoms with Gasteiger partial charge in [0.2, 0.25) is 0 Å². The zero-order valence-corrected chi connectivity index (χ0v) is 12.8. The minimum atomic E-state index is 0.483. The summed E-state index contributed by atoms with van der Waals surface area (Å²) in [7, 11) is 2.06. The van der Waals surface area contributed by atoms with Gasteiger partial charge in [-0.25, -0.2) is 4.98 Å². The van der Waals surface area contributed by atoms with Crippen LogP contribution in [-0.4, -0.2) is 18.1 Å². The average molecular weight is 279 g/mol. The van der Waals surface area contributed by atoms with Gasteiger partial charge in [0.25, 0.3) is 0 Å². The Hall–Kier alpha value is -1.33. The molecule has 0 aliphatic carbocycles. The summed E-state index contributed by atoms with van der Waals surface area (Å²) >= 11 is 1.68. The SMILES string of the molecule is Cc1occc1CN(C)c1nc(CNC(C)C)cs1. The van der Waals surface area contributed by atoms with Crippen LogP contribution < -0.4 is 10.2 Å². The van der Waals surface area contributed by atoms with Gasteiger partial charge in [-0.2, -0.15) is 0 Å². The summed E-state index contributed by atoms with van der Waals surface area (Å²) in [5.74, 6) is 0.977. The van der Waals surface area contributed by atoms with Crippen molar-refractivity contribution in [3.05, 3.63) is 34.7 Å². The molecule has 0 atom stereocenters. The first kappa shape index (κ1) is 14.1. The van der Waals surface area contributed by atoms with E-state index in [4.69, 9.17) is 4.42 Å². The van der Waals surface area contributed by atoms with E-state index in [0.717, 1.165) is 29.7 Å². The molecule has 0 saturated heterocycles. The maximum absolute atomic E-state index is 5.32. The summed E-state index contributed by atoms with van der Waals surface area (Å²) < 4.78 is 5.32. The van der Waals surface area contributed by atoms with Crippen LogP contribution >= 0.6 is 11.3 Å². The number of nitrogens with zero attached hydrogens (tertiary/aromatic N) is 2.